The first-order valence-electron chi connectivity index (χ1n) is 4.83. The lowest BCUT2D eigenvalue weighted by Gasteiger charge is -2.13. The molecule has 0 fully saturated rings. The number of rotatable bonds is 3. The fourth-order valence-electron chi connectivity index (χ4n) is 1.48. The Kier molecular flexibility index (Phi) is 4.61. The summed E-state index contributed by atoms with van der Waals surface area (Å²) in [7, 11) is 0. The van der Waals surface area contributed by atoms with Crippen molar-refractivity contribution in [3.8, 4) is 0 Å². The molecule has 0 bridgehead atoms. The largest absolute Gasteiger partial charge is 0.234 e. The third kappa shape index (κ3) is 3.02. The van der Waals surface area contributed by atoms with E-state index in [1.54, 1.807) is 48.5 Å². The molecule has 1 unspecified atom stereocenters. The van der Waals surface area contributed by atoms with E-state index in [0.717, 1.165) is 5.01 Å². The number of benzene rings is 2. The molecule has 0 aliphatic heterocycles. The third-order valence-corrected chi connectivity index (χ3v) is 2.16. The zero-order valence-electron chi connectivity index (χ0n) is 9.19. The lowest BCUT2D eigenvalue weighted by Crippen LogP contribution is -2.23. The summed E-state index contributed by atoms with van der Waals surface area (Å²) < 4.78 is 0. The Balaban J connectivity index is 0.00000144. The lowest BCUT2D eigenvalue weighted by molar-refractivity contribution is -0.483. The van der Waals surface area contributed by atoms with Gasteiger partial charge in [0, 0.05) is 0 Å². The van der Waals surface area contributed by atoms with Crippen molar-refractivity contribution in [2.45, 2.75) is 0 Å². The Bertz CT molecular complexity index is 437. The van der Waals surface area contributed by atoms with E-state index in [4.69, 9.17) is 0 Å². The van der Waals surface area contributed by atoms with Crippen LogP contribution in [0.4, 0.5) is 11.4 Å². The van der Waals surface area contributed by atoms with Crippen LogP contribution in [0.15, 0.2) is 60.7 Å². The van der Waals surface area contributed by atoms with Crippen molar-refractivity contribution in [1.82, 2.24) is 0 Å². The zero-order valence-corrected chi connectivity index (χ0v) is 10.6. The molecular formula is C12H13N2O2P. The summed E-state index contributed by atoms with van der Waals surface area (Å²) in [6.07, 6.45) is 0. The van der Waals surface area contributed by atoms with Gasteiger partial charge >= 0.3 is 0 Å². The second kappa shape index (κ2) is 5.97. The zero-order chi connectivity index (χ0) is 11.4. The van der Waals surface area contributed by atoms with E-state index >= 15 is 0 Å². The van der Waals surface area contributed by atoms with Crippen molar-refractivity contribution >= 4 is 21.3 Å². The van der Waals surface area contributed by atoms with Crippen molar-refractivity contribution < 1.29 is 5.03 Å². The highest BCUT2D eigenvalue weighted by molar-refractivity contribution is 6.92. The topological polar surface area (TPSA) is 46.4 Å². The summed E-state index contributed by atoms with van der Waals surface area (Å²) in [6.45, 7) is 0. The van der Waals surface area contributed by atoms with Crippen LogP contribution in [0.2, 0.25) is 0 Å². The minimum Gasteiger partial charge on any atom is -0.234 e. The van der Waals surface area contributed by atoms with Gasteiger partial charge in [0.15, 0.2) is 5.03 Å². The van der Waals surface area contributed by atoms with Crippen LogP contribution >= 0.6 is 9.90 Å². The quantitative estimate of drug-likeness (QED) is 0.476. The van der Waals surface area contributed by atoms with E-state index in [2.05, 4.69) is 0 Å². The number of hydrogen-bond acceptors (Lipinski definition) is 2. The highest BCUT2D eigenvalue weighted by Gasteiger charge is 2.18. The van der Waals surface area contributed by atoms with Crippen LogP contribution in [0.5, 0.6) is 0 Å². The molecule has 0 aliphatic carbocycles. The summed E-state index contributed by atoms with van der Waals surface area (Å²) in [4.78, 5) is 11.0. The Hall–Kier alpha value is -1.93. The number of anilines is 2. The van der Waals surface area contributed by atoms with Gasteiger partial charge in [0.25, 0.3) is 0 Å². The highest BCUT2D eigenvalue weighted by Crippen LogP contribution is 2.24. The molecule has 0 radical (unpaired) electrons. The Morgan fingerprint density at radius 2 is 1.18 bits per heavy atom. The molecule has 1 atom stereocenters. The summed E-state index contributed by atoms with van der Waals surface area (Å²) in [5.74, 6) is 0. The first-order chi connectivity index (χ1) is 7.79. The molecule has 0 heterocycles. The van der Waals surface area contributed by atoms with Crippen LogP contribution in [0.3, 0.4) is 0 Å². The van der Waals surface area contributed by atoms with E-state index in [9.17, 15) is 10.1 Å². The monoisotopic (exact) mass is 248 g/mol. The second-order valence-electron chi connectivity index (χ2n) is 3.22. The maximum atomic E-state index is 11.0. The molecule has 0 N–H and O–H groups in total. The summed E-state index contributed by atoms with van der Waals surface area (Å²) >= 11 is 0. The summed E-state index contributed by atoms with van der Waals surface area (Å²) in [5, 5.41) is 11.7. The Morgan fingerprint density at radius 3 is 1.47 bits per heavy atom. The Morgan fingerprint density at radius 1 is 0.824 bits per heavy atom. The molecule has 88 valence electrons. The van der Waals surface area contributed by atoms with E-state index in [0.29, 0.717) is 11.4 Å². The van der Waals surface area contributed by atoms with Gasteiger partial charge in [-0.25, -0.2) is 10.1 Å². The Labute approximate surface area is 103 Å². The molecule has 0 aromatic heterocycles. The van der Waals surface area contributed by atoms with Crippen molar-refractivity contribution in [3.05, 3.63) is 70.8 Å². The van der Waals surface area contributed by atoms with Gasteiger partial charge < -0.3 is 0 Å². The fourth-order valence-corrected chi connectivity index (χ4v) is 1.48. The van der Waals surface area contributed by atoms with Crippen molar-refractivity contribution in [2.75, 3.05) is 5.01 Å². The van der Waals surface area contributed by atoms with Gasteiger partial charge in [-0.3, -0.25) is 0 Å². The van der Waals surface area contributed by atoms with Crippen molar-refractivity contribution in [2.24, 2.45) is 0 Å². The molecule has 0 amide bonds. The van der Waals surface area contributed by atoms with E-state index in [1.807, 2.05) is 12.1 Å². The van der Waals surface area contributed by atoms with Gasteiger partial charge in [-0.1, -0.05) is 41.4 Å². The first-order valence-corrected chi connectivity index (χ1v) is 4.83. The van der Waals surface area contributed by atoms with Crippen molar-refractivity contribution in [3.63, 3.8) is 0 Å². The molecule has 2 aromatic carbocycles. The normalized spacial score (nSPS) is 9.18. The molecule has 4 nitrogen and oxygen atoms in total. The van der Waals surface area contributed by atoms with Crippen LogP contribution < -0.4 is 5.01 Å². The molecule has 0 saturated heterocycles. The molecule has 5 heteroatoms. The number of nitrogens with zero attached hydrogens (tertiary/aromatic N) is 2. The average molecular weight is 248 g/mol. The molecule has 2 aromatic rings. The minimum absolute atomic E-state index is 0. The van der Waals surface area contributed by atoms with E-state index in [-0.39, 0.29) is 9.90 Å². The van der Waals surface area contributed by atoms with Crippen molar-refractivity contribution in [1.29, 1.82) is 0 Å². The maximum absolute atomic E-state index is 11.0. The van der Waals surface area contributed by atoms with Gasteiger partial charge in [-0.05, 0) is 24.3 Å². The molecule has 0 aliphatic rings. The van der Waals surface area contributed by atoms with Crippen LogP contribution in [-0.2, 0) is 0 Å². The first kappa shape index (κ1) is 13.1. The molecule has 0 spiro atoms. The summed E-state index contributed by atoms with van der Waals surface area (Å²) in [6, 6.07) is 17.6. The predicted octanol–water partition coefficient (Wildman–Crippen LogP) is 3.07. The second-order valence-corrected chi connectivity index (χ2v) is 3.22. The van der Waals surface area contributed by atoms with Crippen LogP contribution in [0.1, 0.15) is 0 Å². The summed E-state index contributed by atoms with van der Waals surface area (Å²) in [5.41, 5.74) is 1.08. The van der Waals surface area contributed by atoms with E-state index < -0.39 is 5.03 Å². The highest BCUT2D eigenvalue weighted by atomic mass is 31.0. The molecule has 17 heavy (non-hydrogen) atoms. The lowest BCUT2D eigenvalue weighted by atomic mass is 10.2. The van der Waals surface area contributed by atoms with Crippen LogP contribution in [-0.4, -0.2) is 5.03 Å². The van der Waals surface area contributed by atoms with Crippen LogP contribution in [0, 0.1) is 10.1 Å². The van der Waals surface area contributed by atoms with Gasteiger partial charge in [0.2, 0.25) is 0 Å². The van der Waals surface area contributed by atoms with Gasteiger partial charge in [-0.2, -0.15) is 9.90 Å². The average Bonchev–Trinajstić information content (AvgIpc) is 2.31. The van der Waals surface area contributed by atoms with E-state index in [1.165, 1.54) is 0 Å². The van der Waals surface area contributed by atoms with Gasteiger partial charge in [0.05, 0.1) is 0 Å². The number of hydrogen-bond donors (Lipinski definition) is 0. The molecular weight excluding hydrogens is 235 g/mol. The maximum Gasteiger partial charge on any atom is 0.170 e. The smallest absolute Gasteiger partial charge is 0.170 e. The van der Waals surface area contributed by atoms with Gasteiger partial charge in [0.1, 0.15) is 11.4 Å². The standard InChI is InChI=1S/C12H10N2O2.H3P/c15-14(16)13(11-7-3-1-4-8-11)12-9-5-2-6-10-12;/h1-10H;1H3. The van der Waals surface area contributed by atoms with Crippen LogP contribution in [0.25, 0.3) is 0 Å². The minimum atomic E-state index is -0.426. The van der Waals surface area contributed by atoms with Gasteiger partial charge in [-0.15, -0.1) is 0 Å². The molecule has 2 rings (SSSR count). The molecule has 0 saturated carbocycles. The number of nitro groups is 1. The number of para-hydroxylation sites is 2. The number of hydrazine groups is 1. The predicted molar refractivity (Wildman–Crippen MR) is 73.1 cm³/mol. The SMILES string of the molecule is O=[N+]([O-])N(c1ccccc1)c1ccccc1.P. The fraction of sp³-hybridized carbons (Fsp3) is 0. The third-order valence-electron chi connectivity index (χ3n) is 2.16.